The number of benzene rings is 3. The van der Waals surface area contributed by atoms with E-state index in [1.165, 1.54) is 4.68 Å². The number of fused-ring (bicyclic) bond motifs is 2. The molecule has 0 saturated carbocycles. The molecule has 3 aromatic carbocycles. The zero-order valence-corrected chi connectivity index (χ0v) is 18.0. The molecule has 0 unspecified atom stereocenters. The molecule has 0 fully saturated rings. The number of hydrogen-bond donors (Lipinski definition) is 1. The van der Waals surface area contributed by atoms with Crippen LogP contribution in [-0.2, 0) is 17.8 Å². The highest BCUT2D eigenvalue weighted by Crippen LogP contribution is 2.35. The molecule has 1 aliphatic rings. The Kier molecular flexibility index (Phi) is 4.90. The zero-order valence-electron chi connectivity index (χ0n) is 18.0. The second kappa shape index (κ2) is 7.89. The van der Waals surface area contributed by atoms with E-state index in [9.17, 15) is 9.59 Å². The number of rotatable bonds is 4. The van der Waals surface area contributed by atoms with Gasteiger partial charge in [0.25, 0.3) is 5.56 Å². The van der Waals surface area contributed by atoms with E-state index in [1.807, 2.05) is 86.6 Å². The summed E-state index contributed by atoms with van der Waals surface area (Å²) < 4.78 is 9.29. The van der Waals surface area contributed by atoms with Gasteiger partial charge in [0.1, 0.15) is 12.3 Å². The van der Waals surface area contributed by atoms with Crippen molar-refractivity contribution in [2.75, 3.05) is 5.32 Å². The molecule has 1 aromatic heterocycles. The first-order valence-electron chi connectivity index (χ1n) is 10.5. The maximum Gasteiger partial charge on any atom is 0.278 e. The van der Waals surface area contributed by atoms with Crippen LogP contribution < -0.4 is 15.6 Å². The summed E-state index contributed by atoms with van der Waals surface area (Å²) in [7, 11) is 0. The highest BCUT2D eigenvalue weighted by atomic mass is 16.5. The summed E-state index contributed by atoms with van der Waals surface area (Å²) in [5.41, 5.74) is 4.98. The number of nitrogens with zero attached hydrogens (tertiary/aromatic N) is 2. The van der Waals surface area contributed by atoms with Crippen molar-refractivity contribution < 1.29 is 9.53 Å². The Bertz CT molecular complexity index is 1380. The van der Waals surface area contributed by atoms with Gasteiger partial charge in [0.15, 0.2) is 0 Å². The molecule has 0 radical (unpaired) electrons. The minimum Gasteiger partial charge on any atom is -0.439 e. The lowest BCUT2D eigenvalue weighted by Gasteiger charge is -2.19. The summed E-state index contributed by atoms with van der Waals surface area (Å²) in [6, 6.07) is 22.8. The average Bonchev–Trinajstić information content (AvgIpc) is 3.06. The summed E-state index contributed by atoms with van der Waals surface area (Å²) in [4.78, 5) is 26.4. The van der Waals surface area contributed by atoms with Crippen molar-refractivity contribution in [3.05, 3.63) is 105 Å². The van der Waals surface area contributed by atoms with Crippen molar-refractivity contribution in [1.82, 2.24) is 9.36 Å². The zero-order chi connectivity index (χ0) is 22.2. The molecule has 0 saturated heterocycles. The molecule has 6 nitrogen and oxygen atoms in total. The molecule has 1 aliphatic heterocycles. The normalized spacial score (nSPS) is 11.9. The molecule has 0 spiro atoms. The van der Waals surface area contributed by atoms with Crippen LogP contribution >= 0.6 is 0 Å². The van der Waals surface area contributed by atoms with Gasteiger partial charge in [-0.1, -0.05) is 42.5 Å². The topological polar surface area (TPSA) is 65.3 Å². The van der Waals surface area contributed by atoms with E-state index in [1.54, 1.807) is 4.68 Å². The van der Waals surface area contributed by atoms with Crippen LogP contribution in [0.15, 0.2) is 77.6 Å². The lowest BCUT2D eigenvalue weighted by atomic mass is 10.0. The second-order valence-corrected chi connectivity index (χ2v) is 8.03. The Labute approximate surface area is 185 Å². The largest absolute Gasteiger partial charge is 0.439 e. The van der Waals surface area contributed by atoms with Crippen molar-refractivity contribution in [1.29, 1.82) is 0 Å². The number of amides is 1. The number of anilines is 1. The van der Waals surface area contributed by atoms with Crippen LogP contribution in [0.2, 0.25) is 0 Å². The number of carbonyl (C=O) groups excluding carboxylic acids is 1. The van der Waals surface area contributed by atoms with Crippen molar-refractivity contribution in [2.45, 2.75) is 26.8 Å². The van der Waals surface area contributed by atoms with Gasteiger partial charge in [-0.25, -0.2) is 9.36 Å². The molecular weight excluding hydrogens is 402 g/mol. The number of ether oxygens (including phenoxy) is 1. The molecule has 0 bridgehead atoms. The number of aryl methyl sites for hydroxylation is 2. The van der Waals surface area contributed by atoms with Crippen LogP contribution in [0.25, 0.3) is 5.69 Å². The third kappa shape index (κ3) is 3.50. The first-order chi connectivity index (χ1) is 15.5. The van der Waals surface area contributed by atoms with Crippen LogP contribution in [0.4, 0.5) is 5.69 Å². The van der Waals surface area contributed by atoms with E-state index in [-0.39, 0.29) is 18.0 Å². The van der Waals surface area contributed by atoms with Crippen LogP contribution in [0, 0.1) is 13.8 Å². The maximum absolute atomic E-state index is 13.4. The number of carbonyl (C=O) groups is 1. The Morgan fingerprint density at radius 1 is 0.969 bits per heavy atom. The third-order valence-electron chi connectivity index (χ3n) is 5.82. The van der Waals surface area contributed by atoms with Gasteiger partial charge in [0.05, 0.1) is 11.3 Å². The molecular formula is C26H23N3O3. The summed E-state index contributed by atoms with van der Waals surface area (Å²) in [6.07, 6.45) is 0.461. The SMILES string of the molecule is Cc1ccc(NC(=O)Cn2c3c(c(=O)n2-c2ccccc2)Cc2ccccc2O3)cc1C. The van der Waals surface area contributed by atoms with E-state index < -0.39 is 0 Å². The van der Waals surface area contributed by atoms with Crippen LogP contribution in [-0.4, -0.2) is 15.3 Å². The number of aromatic nitrogens is 2. The molecule has 0 aliphatic carbocycles. The summed E-state index contributed by atoms with van der Waals surface area (Å²) in [6.45, 7) is 3.97. The predicted molar refractivity (Wildman–Crippen MR) is 124 cm³/mol. The minimum absolute atomic E-state index is 0.0610. The molecule has 5 rings (SSSR count). The maximum atomic E-state index is 13.4. The lowest BCUT2D eigenvalue weighted by Crippen LogP contribution is -2.27. The van der Waals surface area contributed by atoms with Crippen LogP contribution in [0.1, 0.15) is 22.3 Å². The fraction of sp³-hybridized carbons (Fsp3) is 0.154. The van der Waals surface area contributed by atoms with Crippen molar-refractivity contribution in [2.24, 2.45) is 0 Å². The molecule has 1 N–H and O–H groups in total. The monoisotopic (exact) mass is 425 g/mol. The van der Waals surface area contributed by atoms with Crippen molar-refractivity contribution >= 4 is 11.6 Å². The summed E-state index contributed by atoms with van der Waals surface area (Å²) in [5.74, 6) is 0.875. The first-order valence-corrected chi connectivity index (χ1v) is 10.5. The van der Waals surface area contributed by atoms with E-state index in [2.05, 4.69) is 5.32 Å². The highest BCUT2D eigenvalue weighted by Gasteiger charge is 2.29. The van der Waals surface area contributed by atoms with Crippen LogP contribution in [0.3, 0.4) is 0 Å². The van der Waals surface area contributed by atoms with E-state index in [4.69, 9.17) is 4.74 Å². The number of hydrogen-bond acceptors (Lipinski definition) is 3. The molecule has 2 heterocycles. The average molecular weight is 425 g/mol. The molecule has 1 amide bonds. The van der Waals surface area contributed by atoms with Gasteiger partial charge in [-0.2, -0.15) is 0 Å². The molecule has 160 valence electrons. The molecule has 32 heavy (non-hydrogen) atoms. The number of nitrogens with one attached hydrogen (secondary N) is 1. The fourth-order valence-corrected chi connectivity index (χ4v) is 4.01. The van der Waals surface area contributed by atoms with E-state index in [0.717, 1.165) is 22.4 Å². The Morgan fingerprint density at radius 2 is 1.72 bits per heavy atom. The standard InChI is InChI=1S/C26H23N3O3/c1-17-12-13-20(14-18(17)2)27-24(30)16-28-26-22(15-19-8-6-7-11-23(19)32-26)25(31)29(28)21-9-4-3-5-10-21/h3-14H,15-16H2,1-2H3,(H,27,30). The van der Waals surface area contributed by atoms with E-state index >= 15 is 0 Å². The Morgan fingerprint density at radius 3 is 2.50 bits per heavy atom. The summed E-state index contributed by atoms with van der Waals surface area (Å²) in [5, 5.41) is 2.94. The van der Waals surface area contributed by atoms with Crippen molar-refractivity contribution in [3.8, 4) is 17.3 Å². The van der Waals surface area contributed by atoms with Gasteiger partial charge < -0.3 is 10.1 Å². The molecule has 4 aromatic rings. The van der Waals surface area contributed by atoms with Gasteiger partial charge >= 0.3 is 0 Å². The number of para-hydroxylation sites is 2. The second-order valence-electron chi connectivity index (χ2n) is 8.03. The van der Waals surface area contributed by atoms with Gasteiger partial charge in [-0.3, -0.25) is 9.59 Å². The molecule has 6 heteroatoms. The highest BCUT2D eigenvalue weighted by molar-refractivity contribution is 5.90. The Balaban J connectivity index is 1.55. The third-order valence-corrected chi connectivity index (χ3v) is 5.82. The van der Waals surface area contributed by atoms with Gasteiger partial charge in [0.2, 0.25) is 11.8 Å². The Hall–Kier alpha value is -4.06. The summed E-state index contributed by atoms with van der Waals surface area (Å²) >= 11 is 0. The molecule has 0 atom stereocenters. The smallest absolute Gasteiger partial charge is 0.278 e. The predicted octanol–water partition coefficient (Wildman–Crippen LogP) is 4.59. The van der Waals surface area contributed by atoms with Gasteiger partial charge in [-0.15, -0.1) is 0 Å². The van der Waals surface area contributed by atoms with Gasteiger partial charge in [-0.05, 0) is 60.9 Å². The quantitative estimate of drug-likeness (QED) is 0.458. The minimum atomic E-state index is -0.238. The lowest BCUT2D eigenvalue weighted by molar-refractivity contribution is -0.117. The van der Waals surface area contributed by atoms with Crippen LogP contribution in [0.5, 0.6) is 11.6 Å². The van der Waals surface area contributed by atoms with E-state index in [0.29, 0.717) is 29.3 Å². The first kappa shape index (κ1) is 19.9. The van der Waals surface area contributed by atoms with Gasteiger partial charge in [0, 0.05) is 12.1 Å². The van der Waals surface area contributed by atoms with Crippen molar-refractivity contribution in [3.63, 3.8) is 0 Å². The fourth-order valence-electron chi connectivity index (χ4n) is 4.01.